The molecule has 0 aromatic rings. The van der Waals surface area contributed by atoms with Gasteiger partial charge in [-0.2, -0.15) is 0 Å². The lowest BCUT2D eigenvalue weighted by Gasteiger charge is -2.26. The van der Waals surface area contributed by atoms with Crippen LogP contribution in [-0.4, -0.2) is 74.1 Å². The molecule has 6 heteroatoms. The number of carbonyl (C=O) groups is 2. The van der Waals surface area contributed by atoms with Gasteiger partial charge in [0.05, 0.1) is 25.7 Å². The van der Waals surface area contributed by atoms with E-state index in [-0.39, 0.29) is 24.3 Å². The van der Waals surface area contributed by atoms with Gasteiger partial charge in [0.25, 0.3) is 5.91 Å². The molecule has 0 aromatic heterocycles. The molecule has 2 fully saturated rings. The van der Waals surface area contributed by atoms with Gasteiger partial charge in [-0.3, -0.25) is 14.5 Å². The standard InChI is InChI=1S/C17H27N3O3/c1-19-15-5-3-2-4-13(15)14(17(19)22)12-16(21)18-6-7-20-8-10-23-11-9-20/h15H,2-12H2,1H3,(H,18,21). The average Bonchev–Trinajstić information content (AvgIpc) is 2.81. The maximum Gasteiger partial charge on any atom is 0.250 e. The van der Waals surface area contributed by atoms with Crippen molar-refractivity contribution in [2.75, 3.05) is 46.4 Å². The first-order chi connectivity index (χ1) is 11.2. The lowest BCUT2D eigenvalue weighted by Crippen LogP contribution is -2.41. The van der Waals surface area contributed by atoms with Crippen molar-refractivity contribution in [1.82, 2.24) is 15.1 Å². The molecule has 0 bridgehead atoms. The van der Waals surface area contributed by atoms with E-state index in [0.29, 0.717) is 6.54 Å². The molecule has 2 amide bonds. The molecule has 1 N–H and O–H groups in total. The smallest absolute Gasteiger partial charge is 0.250 e. The molecule has 3 aliphatic rings. The highest BCUT2D eigenvalue weighted by Crippen LogP contribution is 2.36. The van der Waals surface area contributed by atoms with Gasteiger partial charge in [0.1, 0.15) is 0 Å². The molecular formula is C17H27N3O3. The van der Waals surface area contributed by atoms with Crippen LogP contribution in [0.3, 0.4) is 0 Å². The summed E-state index contributed by atoms with van der Waals surface area (Å²) in [6.07, 6.45) is 4.55. The number of hydrogen-bond acceptors (Lipinski definition) is 4. The number of ether oxygens (including phenoxy) is 1. The lowest BCUT2D eigenvalue weighted by molar-refractivity contribution is -0.127. The van der Waals surface area contributed by atoms with Crippen LogP contribution in [0.2, 0.25) is 0 Å². The van der Waals surface area contributed by atoms with Gasteiger partial charge in [-0.25, -0.2) is 0 Å². The van der Waals surface area contributed by atoms with E-state index in [1.165, 1.54) is 12.0 Å². The minimum atomic E-state index is -0.0336. The van der Waals surface area contributed by atoms with Gasteiger partial charge in [-0.15, -0.1) is 0 Å². The summed E-state index contributed by atoms with van der Waals surface area (Å²) in [7, 11) is 1.86. The van der Waals surface area contributed by atoms with E-state index in [0.717, 1.165) is 57.7 Å². The zero-order valence-corrected chi connectivity index (χ0v) is 14.0. The van der Waals surface area contributed by atoms with Gasteiger partial charge in [-0.05, 0) is 24.8 Å². The van der Waals surface area contributed by atoms with Crippen molar-refractivity contribution in [1.29, 1.82) is 0 Å². The molecule has 23 heavy (non-hydrogen) atoms. The molecule has 1 unspecified atom stereocenters. The number of morpholine rings is 1. The summed E-state index contributed by atoms with van der Waals surface area (Å²) in [5.41, 5.74) is 1.97. The number of rotatable bonds is 5. The molecule has 3 rings (SSSR count). The summed E-state index contributed by atoms with van der Waals surface area (Å²) >= 11 is 0. The van der Waals surface area contributed by atoms with Gasteiger partial charge in [0, 0.05) is 38.8 Å². The number of nitrogens with zero attached hydrogens (tertiary/aromatic N) is 2. The second-order valence-electron chi connectivity index (χ2n) is 6.66. The molecule has 1 atom stereocenters. The van der Waals surface area contributed by atoms with Crippen molar-refractivity contribution in [2.45, 2.75) is 38.1 Å². The maximum absolute atomic E-state index is 12.4. The Morgan fingerprint density at radius 2 is 2.09 bits per heavy atom. The topological polar surface area (TPSA) is 61.9 Å². The first-order valence-corrected chi connectivity index (χ1v) is 8.72. The zero-order valence-electron chi connectivity index (χ0n) is 14.0. The Kier molecular flexibility index (Phi) is 5.33. The third kappa shape index (κ3) is 3.75. The Bertz CT molecular complexity index is 497. The van der Waals surface area contributed by atoms with E-state index in [2.05, 4.69) is 10.2 Å². The van der Waals surface area contributed by atoms with Gasteiger partial charge in [-0.1, -0.05) is 6.42 Å². The summed E-state index contributed by atoms with van der Waals surface area (Å²) in [4.78, 5) is 28.7. The molecule has 0 radical (unpaired) electrons. The SMILES string of the molecule is CN1C(=O)C(CC(=O)NCCN2CCOCC2)=C2CCCCC21. The number of carbonyl (C=O) groups excluding carboxylic acids is 2. The van der Waals surface area contributed by atoms with E-state index in [1.807, 2.05) is 11.9 Å². The van der Waals surface area contributed by atoms with E-state index < -0.39 is 0 Å². The van der Waals surface area contributed by atoms with Crippen LogP contribution in [0, 0.1) is 0 Å². The van der Waals surface area contributed by atoms with Gasteiger partial charge in [0.2, 0.25) is 5.91 Å². The van der Waals surface area contributed by atoms with Crippen LogP contribution < -0.4 is 5.32 Å². The minimum absolute atomic E-state index is 0.0336. The summed E-state index contributed by atoms with van der Waals surface area (Å²) < 4.78 is 5.31. The summed E-state index contributed by atoms with van der Waals surface area (Å²) in [6, 6.07) is 0.243. The van der Waals surface area contributed by atoms with Gasteiger partial charge < -0.3 is 15.0 Å². The van der Waals surface area contributed by atoms with Crippen LogP contribution in [0.1, 0.15) is 32.1 Å². The van der Waals surface area contributed by atoms with E-state index >= 15 is 0 Å². The molecule has 2 heterocycles. The van der Waals surface area contributed by atoms with E-state index in [9.17, 15) is 9.59 Å². The highest BCUT2D eigenvalue weighted by Gasteiger charge is 2.38. The predicted molar refractivity (Wildman–Crippen MR) is 86.9 cm³/mol. The molecule has 2 aliphatic heterocycles. The average molecular weight is 321 g/mol. The molecule has 1 saturated heterocycles. The van der Waals surface area contributed by atoms with Gasteiger partial charge >= 0.3 is 0 Å². The first kappa shape index (κ1) is 16.5. The largest absolute Gasteiger partial charge is 0.379 e. The number of nitrogens with one attached hydrogen (secondary N) is 1. The van der Waals surface area contributed by atoms with Crippen LogP contribution in [0.5, 0.6) is 0 Å². The third-order valence-corrected chi connectivity index (χ3v) is 5.20. The highest BCUT2D eigenvalue weighted by molar-refractivity contribution is 6.02. The summed E-state index contributed by atoms with van der Waals surface area (Å²) in [5.74, 6) is 0.0176. The van der Waals surface area contributed by atoms with E-state index in [4.69, 9.17) is 4.74 Å². The van der Waals surface area contributed by atoms with Crippen molar-refractivity contribution in [3.8, 4) is 0 Å². The van der Waals surface area contributed by atoms with Gasteiger partial charge in [0.15, 0.2) is 0 Å². The Labute approximate surface area is 137 Å². The van der Waals surface area contributed by atoms with Crippen LogP contribution in [0.15, 0.2) is 11.1 Å². The predicted octanol–water partition coefficient (Wildman–Crippen LogP) is 0.536. The van der Waals surface area contributed by atoms with Crippen molar-refractivity contribution < 1.29 is 14.3 Å². The zero-order chi connectivity index (χ0) is 16.2. The highest BCUT2D eigenvalue weighted by atomic mass is 16.5. The van der Waals surface area contributed by atoms with Crippen LogP contribution in [0.4, 0.5) is 0 Å². The first-order valence-electron chi connectivity index (χ1n) is 8.72. The fraction of sp³-hybridized carbons (Fsp3) is 0.765. The number of likely N-dealkylation sites (N-methyl/N-ethyl adjacent to an activating group) is 1. The Morgan fingerprint density at radius 3 is 2.87 bits per heavy atom. The monoisotopic (exact) mass is 321 g/mol. The fourth-order valence-electron chi connectivity index (χ4n) is 3.86. The third-order valence-electron chi connectivity index (χ3n) is 5.20. The van der Waals surface area contributed by atoms with Crippen molar-refractivity contribution in [2.24, 2.45) is 0 Å². The molecule has 6 nitrogen and oxygen atoms in total. The van der Waals surface area contributed by atoms with Crippen LogP contribution >= 0.6 is 0 Å². The molecular weight excluding hydrogens is 294 g/mol. The second-order valence-corrected chi connectivity index (χ2v) is 6.66. The summed E-state index contributed by atoms with van der Waals surface area (Å²) in [6.45, 7) is 4.87. The molecule has 1 aliphatic carbocycles. The number of amides is 2. The molecule has 128 valence electrons. The van der Waals surface area contributed by atoms with Crippen molar-refractivity contribution >= 4 is 11.8 Å². The second kappa shape index (κ2) is 7.45. The molecule has 0 spiro atoms. The van der Waals surface area contributed by atoms with E-state index in [1.54, 1.807) is 0 Å². The number of hydrogen-bond donors (Lipinski definition) is 1. The Balaban J connectivity index is 1.49. The number of fused-ring (bicyclic) bond motifs is 1. The fourth-order valence-corrected chi connectivity index (χ4v) is 3.86. The van der Waals surface area contributed by atoms with Crippen molar-refractivity contribution in [3.05, 3.63) is 11.1 Å². The molecule has 1 saturated carbocycles. The minimum Gasteiger partial charge on any atom is -0.379 e. The van der Waals surface area contributed by atoms with Crippen LogP contribution in [-0.2, 0) is 14.3 Å². The van der Waals surface area contributed by atoms with Crippen LogP contribution in [0.25, 0.3) is 0 Å². The lowest BCUT2D eigenvalue weighted by atomic mass is 9.88. The Morgan fingerprint density at radius 1 is 1.30 bits per heavy atom. The normalized spacial score (nSPS) is 25.7. The Hall–Kier alpha value is -1.40. The maximum atomic E-state index is 12.4. The quantitative estimate of drug-likeness (QED) is 0.803. The molecule has 0 aromatic carbocycles. The van der Waals surface area contributed by atoms with Crippen molar-refractivity contribution in [3.63, 3.8) is 0 Å². The summed E-state index contributed by atoms with van der Waals surface area (Å²) in [5, 5.41) is 2.96.